The van der Waals surface area contributed by atoms with Gasteiger partial charge in [0.25, 0.3) is 5.69 Å². The van der Waals surface area contributed by atoms with E-state index in [0.717, 1.165) is 5.56 Å². The zero-order chi connectivity index (χ0) is 21.7. The number of amides is 1. The van der Waals surface area contributed by atoms with Gasteiger partial charge in [0.05, 0.1) is 4.92 Å². The number of nitrogens with one attached hydrogen (secondary N) is 1. The van der Waals surface area contributed by atoms with Crippen LogP contribution in [0.15, 0.2) is 54.6 Å². The molecule has 3 rings (SSSR count). The number of alkyl carbamates (subject to hydrolysis) is 1. The molecule has 2 aromatic rings. The topological polar surface area (TPSA) is 108 Å². The Morgan fingerprint density at radius 1 is 1.07 bits per heavy atom. The maximum Gasteiger partial charge on any atom is 0.408 e. The molecule has 8 nitrogen and oxygen atoms in total. The van der Waals surface area contributed by atoms with Crippen LogP contribution >= 0.6 is 0 Å². The molecule has 2 atom stereocenters. The molecule has 0 aromatic heterocycles. The molecule has 0 aliphatic heterocycles. The first-order valence-electron chi connectivity index (χ1n) is 9.71. The van der Waals surface area contributed by atoms with E-state index in [0.29, 0.717) is 12.0 Å². The molecule has 0 radical (unpaired) electrons. The van der Waals surface area contributed by atoms with Gasteiger partial charge in [-0.3, -0.25) is 10.1 Å². The number of hydrogen-bond donors (Lipinski definition) is 1. The molecule has 0 unspecified atom stereocenters. The molecule has 1 aliphatic carbocycles. The second-order valence-electron chi connectivity index (χ2n) is 7.71. The van der Waals surface area contributed by atoms with Crippen LogP contribution < -0.4 is 5.32 Å². The molecule has 2 aromatic carbocycles. The van der Waals surface area contributed by atoms with Crippen LogP contribution in [0.5, 0.6) is 0 Å². The highest BCUT2D eigenvalue weighted by Crippen LogP contribution is 2.49. The van der Waals surface area contributed by atoms with Crippen molar-refractivity contribution in [2.24, 2.45) is 11.8 Å². The average molecular weight is 412 g/mol. The molecule has 1 aliphatic rings. The van der Waals surface area contributed by atoms with Crippen LogP contribution in [0, 0.1) is 22.0 Å². The van der Waals surface area contributed by atoms with E-state index in [9.17, 15) is 19.7 Å². The molecule has 0 bridgehead atoms. The molecule has 158 valence electrons. The quantitative estimate of drug-likeness (QED) is 0.399. The van der Waals surface area contributed by atoms with E-state index in [1.54, 1.807) is 0 Å². The summed E-state index contributed by atoms with van der Waals surface area (Å²) in [6.07, 6.45) is -0.196. The number of non-ortho nitro benzene ring substituents is 1. The lowest BCUT2D eigenvalue weighted by Gasteiger charge is -2.19. The lowest BCUT2D eigenvalue weighted by molar-refractivity contribution is -0.384. The number of nitrogens with zero attached hydrogens (tertiary/aromatic N) is 1. The summed E-state index contributed by atoms with van der Waals surface area (Å²) >= 11 is 0. The fourth-order valence-corrected chi connectivity index (χ4v) is 3.46. The number of carbonyl (C=O) groups excluding carboxylic acids is 2. The smallest absolute Gasteiger partial charge is 0.408 e. The zero-order valence-electron chi connectivity index (χ0n) is 16.9. The minimum absolute atomic E-state index is 0.0357. The van der Waals surface area contributed by atoms with Crippen molar-refractivity contribution >= 4 is 17.7 Å². The van der Waals surface area contributed by atoms with E-state index in [4.69, 9.17) is 9.47 Å². The number of nitro benzene ring substituents is 1. The molecular weight excluding hydrogens is 388 g/mol. The monoisotopic (exact) mass is 412 g/mol. The van der Waals surface area contributed by atoms with Gasteiger partial charge in [-0.15, -0.1) is 0 Å². The van der Waals surface area contributed by atoms with Crippen molar-refractivity contribution in [3.63, 3.8) is 0 Å². The van der Waals surface area contributed by atoms with Gasteiger partial charge in [-0.1, -0.05) is 44.2 Å². The SMILES string of the molecule is CC(C)[C@H]1C[C@@]1(NC(=O)OCc1ccccc1)C(=O)OCc1ccc([N+](=O)[O-])cc1. The predicted molar refractivity (Wildman–Crippen MR) is 108 cm³/mol. The third kappa shape index (κ3) is 4.94. The number of esters is 1. The summed E-state index contributed by atoms with van der Waals surface area (Å²) in [6, 6.07) is 15.0. The Bertz CT molecular complexity index is 913. The molecule has 1 fully saturated rings. The van der Waals surface area contributed by atoms with Crippen molar-refractivity contribution in [1.29, 1.82) is 0 Å². The van der Waals surface area contributed by atoms with Crippen molar-refractivity contribution in [2.75, 3.05) is 0 Å². The number of ether oxygens (including phenoxy) is 2. The predicted octanol–water partition coefficient (Wildman–Crippen LogP) is 3.98. The summed E-state index contributed by atoms with van der Waals surface area (Å²) in [6.45, 7) is 4.02. The van der Waals surface area contributed by atoms with Crippen LogP contribution in [0.25, 0.3) is 0 Å². The largest absolute Gasteiger partial charge is 0.459 e. The summed E-state index contributed by atoms with van der Waals surface area (Å²) < 4.78 is 10.7. The van der Waals surface area contributed by atoms with Gasteiger partial charge in [0.15, 0.2) is 0 Å². The molecule has 1 amide bonds. The third-order valence-corrected chi connectivity index (χ3v) is 5.24. The maximum atomic E-state index is 12.8. The molecule has 1 saturated carbocycles. The number of nitro groups is 1. The highest BCUT2D eigenvalue weighted by Gasteiger charge is 2.63. The fourth-order valence-electron chi connectivity index (χ4n) is 3.46. The van der Waals surface area contributed by atoms with E-state index < -0.39 is 22.5 Å². The molecule has 0 spiro atoms. The van der Waals surface area contributed by atoms with Gasteiger partial charge < -0.3 is 14.8 Å². The van der Waals surface area contributed by atoms with Gasteiger partial charge in [0, 0.05) is 12.1 Å². The van der Waals surface area contributed by atoms with E-state index in [1.165, 1.54) is 24.3 Å². The standard InChI is InChI=1S/C22H24N2O6/c1-15(2)19-12-22(19,23-21(26)30-14-16-6-4-3-5-7-16)20(25)29-13-17-8-10-18(11-9-17)24(27)28/h3-11,15,19H,12-14H2,1-2H3,(H,23,26)/t19-,22+/m1/s1. The van der Waals surface area contributed by atoms with E-state index in [-0.39, 0.29) is 30.7 Å². The summed E-state index contributed by atoms with van der Waals surface area (Å²) in [5, 5.41) is 13.4. The number of carbonyl (C=O) groups is 2. The summed E-state index contributed by atoms with van der Waals surface area (Å²) in [5.41, 5.74) is 0.325. The van der Waals surface area contributed by atoms with Gasteiger partial charge >= 0.3 is 12.1 Å². The second-order valence-corrected chi connectivity index (χ2v) is 7.71. The summed E-state index contributed by atoms with van der Waals surface area (Å²) in [4.78, 5) is 35.4. The fraction of sp³-hybridized carbons (Fsp3) is 0.364. The van der Waals surface area contributed by atoms with Gasteiger partial charge in [-0.25, -0.2) is 9.59 Å². The minimum atomic E-state index is -1.11. The highest BCUT2D eigenvalue weighted by atomic mass is 16.6. The lowest BCUT2D eigenvalue weighted by Crippen LogP contribution is -2.46. The first-order chi connectivity index (χ1) is 14.3. The van der Waals surface area contributed by atoms with Crippen LogP contribution in [-0.4, -0.2) is 22.5 Å². The van der Waals surface area contributed by atoms with Crippen molar-refractivity contribution < 1.29 is 24.0 Å². The van der Waals surface area contributed by atoms with Crippen molar-refractivity contribution in [2.45, 2.75) is 39.0 Å². The van der Waals surface area contributed by atoms with Crippen molar-refractivity contribution in [1.82, 2.24) is 5.32 Å². The van der Waals surface area contributed by atoms with Gasteiger partial charge in [0.1, 0.15) is 18.8 Å². The molecule has 1 N–H and O–H groups in total. The Morgan fingerprint density at radius 2 is 1.67 bits per heavy atom. The Labute approximate surface area is 174 Å². The van der Waals surface area contributed by atoms with Gasteiger partial charge in [0.2, 0.25) is 0 Å². The molecule has 0 saturated heterocycles. The van der Waals surface area contributed by atoms with Crippen molar-refractivity contribution in [3.05, 3.63) is 75.8 Å². The molecule has 8 heteroatoms. The van der Waals surface area contributed by atoms with Gasteiger partial charge in [-0.05, 0) is 41.5 Å². The van der Waals surface area contributed by atoms with Crippen LogP contribution in [0.3, 0.4) is 0 Å². The lowest BCUT2D eigenvalue weighted by atomic mass is 10.0. The van der Waals surface area contributed by atoms with E-state index >= 15 is 0 Å². The van der Waals surface area contributed by atoms with Crippen LogP contribution in [0.4, 0.5) is 10.5 Å². The summed E-state index contributed by atoms with van der Waals surface area (Å²) in [5.74, 6) is -0.409. The number of benzene rings is 2. The Balaban J connectivity index is 1.59. The third-order valence-electron chi connectivity index (χ3n) is 5.24. The Kier molecular flexibility index (Phi) is 6.34. The normalized spacial score (nSPS) is 19.8. The molecule has 0 heterocycles. The van der Waals surface area contributed by atoms with Crippen molar-refractivity contribution in [3.8, 4) is 0 Å². The first kappa shape index (κ1) is 21.3. The minimum Gasteiger partial charge on any atom is -0.459 e. The number of rotatable bonds is 8. The van der Waals surface area contributed by atoms with E-state index in [1.807, 2.05) is 44.2 Å². The van der Waals surface area contributed by atoms with Crippen LogP contribution in [0.1, 0.15) is 31.4 Å². The summed E-state index contributed by atoms with van der Waals surface area (Å²) in [7, 11) is 0. The Hall–Kier alpha value is -3.42. The van der Waals surface area contributed by atoms with Crippen LogP contribution in [0.2, 0.25) is 0 Å². The zero-order valence-corrected chi connectivity index (χ0v) is 16.9. The second kappa shape index (κ2) is 8.94. The maximum absolute atomic E-state index is 12.8. The van der Waals surface area contributed by atoms with Crippen LogP contribution in [-0.2, 0) is 27.5 Å². The van der Waals surface area contributed by atoms with E-state index in [2.05, 4.69) is 5.32 Å². The highest BCUT2D eigenvalue weighted by molar-refractivity contribution is 5.89. The first-order valence-corrected chi connectivity index (χ1v) is 9.71. The van der Waals surface area contributed by atoms with Gasteiger partial charge in [-0.2, -0.15) is 0 Å². The molecular formula is C22H24N2O6. The molecule has 30 heavy (non-hydrogen) atoms. The Morgan fingerprint density at radius 3 is 2.23 bits per heavy atom. The number of hydrogen-bond acceptors (Lipinski definition) is 6. The average Bonchev–Trinajstić information content (AvgIpc) is 3.47.